The van der Waals surface area contributed by atoms with E-state index in [4.69, 9.17) is 0 Å². The van der Waals surface area contributed by atoms with E-state index in [-0.39, 0.29) is 16.1 Å². The number of aromatic nitrogens is 1. The number of nitro groups is 1. The molecule has 0 bridgehead atoms. The van der Waals surface area contributed by atoms with Crippen LogP contribution in [0.1, 0.15) is 32.1 Å². The predicted molar refractivity (Wildman–Crippen MR) is 72.1 cm³/mol. The van der Waals surface area contributed by atoms with Gasteiger partial charge in [0.25, 0.3) is 0 Å². The molecule has 1 aromatic rings. The molecule has 1 unspecified atom stereocenters. The number of hydrogen-bond donors (Lipinski definition) is 2. The first-order chi connectivity index (χ1) is 9.19. The molecule has 0 amide bonds. The standard InChI is InChI=1S/C13H18N4O2/c18-17(19)12-9-14-6-3-11(12)16-10-2-7-15-13(8-10)4-1-5-13/h3,6,9-10,15H,1-2,4-5,7-8H2,(H,14,16). The van der Waals surface area contributed by atoms with Gasteiger partial charge in [0.05, 0.1) is 4.92 Å². The maximum absolute atomic E-state index is 11.0. The Kier molecular flexibility index (Phi) is 3.10. The third-order valence-electron chi connectivity index (χ3n) is 4.30. The van der Waals surface area contributed by atoms with E-state index in [9.17, 15) is 10.1 Å². The number of hydrogen-bond acceptors (Lipinski definition) is 5. The Balaban J connectivity index is 1.72. The van der Waals surface area contributed by atoms with Crippen LogP contribution in [-0.2, 0) is 0 Å². The van der Waals surface area contributed by atoms with Gasteiger partial charge in [-0.15, -0.1) is 0 Å². The lowest BCUT2D eigenvalue weighted by Crippen LogP contribution is -2.58. The van der Waals surface area contributed by atoms with E-state index in [1.54, 1.807) is 12.3 Å². The number of rotatable bonds is 3. The van der Waals surface area contributed by atoms with Crippen LogP contribution in [-0.4, -0.2) is 28.0 Å². The van der Waals surface area contributed by atoms with Crippen molar-refractivity contribution in [3.8, 4) is 0 Å². The Morgan fingerprint density at radius 1 is 1.53 bits per heavy atom. The van der Waals surface area contributed by atoms with Crippen LogP contribution in [0.5, 0.6) is 0 Å². The Labute approximate surface area is 111 Å². The van der Waals surface area contributed by atoms with Crippen molar-refractivity contribution in [2.24, 2.45) is 0 Å². The van der Waals surface area contributed by atoms with Crippen LogP contribution in [0.25, 0.3) is 0 Å². The third kappa shape index (κ3) is 2.40. The average molecular weight is 262 g/mol. The molecular weight excluding hydrogens is 244 g/mol. The summed E-state index contributed by atoms with van der Waals surface area (Å²) in [7, 11) is 0. The van der Waals surface area contributed by atoms with Gasteiger partial charge in [0.1, 0.15) is 11.9 Å². The summed E-state index contributed by atoms with van der Waals surface area (Å²) in [5, 5.41) is 17.9. The zero-order chi connectivity index (χ0) is 13.3. The summed E-state index contributed by atoms with van der Waals surface area (Å²) in [6, 6.07) is 2.00. The van der Waals surface area contributed by atoms with Gasteiger partial charge in [0.2, 0.25) is 0 Å². The third-order valence-corrected chi connectivity index (χ3v) is 4.30. The molecule has 6 nitrogen and oxygen atoms in total. The van der Waals surface area contributed by atoms with Gasteiger partial charge in [0.15, 0.2) is 0 Å². The van der Waals surface area contributed by atoms with Crippen molar-refractivity contribution >= 4 is 11.4 Å². The summed E-state index contributed by atoms with van der Waals surface area (Å²) in [4.78, 5) is 14.4. The summed E-state index contributed by atoms with van der Waals surface area (Å²) < 4.78 is 0. The van der Waals surface area contributed by atoms with Crippen molar-refractivity contribution in [2.45, 2.75) is 43.7 Å². The molecule has 1 aliphatic heterocycles. The van der Waals surface area contributed by atoms with Gasteiger partial charge in [-0.3, -0.25) is 15.1 Å². The Morgan fingerprint density at radius 2 is 2.37 bits per heavy atom. The molecule has 19 heavy (non-hydrogen) atoms. The van der Waals surface area contributed by atoms with E-state index in [2.05, 4.69) is 15.6 Å². The first kappa shape index (κ1) is 12.3. The molecule has 2 N–H and O–H groups in total. The monoisotopic (exact) mass is 262 g/mol. The van der Waals surface area contributed by atoms with Gasteiger partial charge in [0, 0.05) is 17.8 Å². The molecule has 1 atom stereocenters. The van der Waals surface area contributed by atoms with Crippen LogP contribution in [0.4, 0.5) is 11.4 Å². The summed E-state index contributed by atoms with van der Waals surface area (Å²) in [5.74, 6) is 0. The van der Waals surface area contributed by atoms with E-state index in [1.807, 2.05) is 0 Å². The Bertz CT molecular complexity index is 487. The van der Waals surface area contributed by atoms with Gasteiger partial charge in [-0.25, -0.2) is 0 Å². The Hall–Kier alpha value is -1.69. The minimum Gasteiger partial charge on any atom is -0.377 e. The fraction of sp³-hybridized carbons (Fsp3) is 0.615. The van der Waals surface area contributed by atoms with Crippen molar-refractivity contribution in [1.82, 2.24) is 10.3 Å². The molecule has 2 fully saturated rings. The molecule has 1 spiro atoms. The summed E-state index contributed by atoms with van der Waals surface area (Å²) in [6.07, 6.45) is 8.69. The highest BCUT2D eigenvalue weighted by molar-refractivity contribution is 5.60. The van der Waals surface area contributed by atoms with Crippen LogP contribution < -0.4 is 10.6 Å². The zero-order valence-electron chi connectivity index (χ0n) is 10.8. The van der Waals surface area contributed by atoms with Crippen LogP contribution >= 0.6 is 0 Å². The molecule has 1 saturated heterocycles. The smallest absolute Gasteiger partial charge is 0.310 e. The van der Waals surface area contributed by atoms with Crippen molar-refractivity contribution in [1.29, 1.82) is 0 Å². The minimum atomic E-state index is -0.379. The number of anilines is 1. The molecule has 1 aromatic heterocycles. The second kappa shape index (κ2) is 4.77. The van der Waals surface area contributed by atoms with E-state index in [0.717, 1.165) is 19.4 Å². The van der Waals surface area contributed by atoms with Gasteiger partial charge in [-0.1, -0.05) is 0 Å². The number of nitrogens with one attached hydrogen (secondary N) is 2. The zero-order valence-corrected chi connectivity index (χ0v) is 10.8. The summed E-state index contributed by atoms with van der Waals surface area (Å²) in [5.41, 5.74) is 0.933. The predicted octanol–water partition coefficient (Wildman–Crippen LogP) is 2.08. The average Bonchev–Trinajstić information content (AvgIpc) is 2.37. The minimum absolute atomic E-state index is 0.0590. The molecule has 0 aromatic carbocycles. The molecule has 2 heterocycles. The van der Waals surface area contributed by atoms with Crippen molar-refractivity contribution in [3.05, 3.63) is 28.6 Å². The first-order valence-corrected chi connectivity index (χ1v) is 6.79. The van der Waals surface area contributed by atoms with E-state index >= 15 is 0 Å². The van der Waals surface area contributed by atoms with Gasteiger partial charge in [-0.05, 0) is 44.7 Å². The highest BCUT2D eigenvalue weighted by Crippen LogP contribution is 2.39. The number of pyridine rings is 1. The largest absolute Gasteiger partial charge is 0.377 e. The Morgan fingerprint density at radius 3 is 3.05 bits per heavy atom. The highest BCUT2D eigenvalue weighted by Gasteiger charge is 2.41. The van der Waals surface area contributed by atoms with Gasteiger partial charge in [-0.2, -0.15) is 0 Å². The number of nitrogens with zero attached hydrogens (tertiary/aromatic N) is 2. The maximum Gasteiger partial charge on any atom is 0.310 e. The molecule has 0 radical (unpaired) electrons. The molecule has 3 rings (SSSR count). The lowest BCUT2D eigenvalue weighted by atomic mass is 9.70. The molecule has 1 saturated carbocycles. The summed E-state index contributed by atoms with van der Waals surface area (Å²) >= 11 is 0. The fourth-order valence-corrected chi connectivity index (χ4v) is 3.14. The SMILES string of the molecule is O=[N+]([O-])c1cnccc1NC1CCNC2(CCC2)C1. The highest BCUT2D eigenvalue weighted by atomic mass is 16.6. The maximum atomic E-state index is 11.0. The molecular formula is C13H18N4O2. The van der Waals surface area contributed by atoms with Crippen LogP contribution in [0.15, 0.2) is 18.5 Å². The quantitative estimate of drug-likeness (QED) is 0.644. The van der Waals surface area contributed by atoms with E-state index < -0.39 is 0 Å². The second-order valence-electron chi connectivity index (χ2n) is 5.54. The normalized spacial score (nSPS) is 24.7. The topological polar surface area (TPSA) is 80.1 Å². The lowest BCUT2D eigenvalue weighted by Gasteiger charge is -2.48. The van der Waals surface area contributed by atoms with Gasteiger partial charge >= 0.3 is 5.69 Å². The molecule has 1 aliphatic carbocycles. The van der Waals surface area contributed by atoms with Crippen molar-refractivity contribution in [3.63, 3.8) is 0 Å². The van der Waals surface area contributed by atoms with Crippen molar-refractivity contribution in [2.75, 3.05) is 11.9 Å². The summed E-state index contributed by atoms with van der Waals surface area (Å²) in [6.45, 7) is 0.983. The lowest BCUT2D eigenvalue weighted by molar-refractivity contribution is -0.384. The van der Waals surface area contributed by atoms with E-state index in [0.29, 0.717) is 11.7 Å². The number of piperidine rings is 1. The van der Waals surface area contributed by atoms with Gasteiger partial charge < -0.3 is 10.6 Å². The molecule has 2 aliphatic rings. The fourth-order valence-electron chi connectivity index (χ4n) is 3.14. The first-order valence-electron chi connectivity index (χ1n) is 6.79. The second-order valence-corrected chi connectivity index (χ2v) is 5.54. The van der Waals surface area contributed by atoms with E-state index in [1.165, 1.54) is 25.5 Å². The van der Waals surface area contributed by atoms with Crippen molar-refractivity contribution < 1.29 is 4.92 Å². The molecule has 6 heteroatoms. The van der Waals surface area contributed by atoms with Crippen LogP contribution in [0.2, 0.25) is 0 Å². The molecule has 102 valence electrons. The van der Waals surface area contributed by atoms with Crippen LogP contribution in [0.3, 0.4) is 0 Å². The van der Waals surface area contributed by atoms with Crippen LogP contribution in [0, 0.1) is 10.1 Å².